The molecule has 0 amide bonds. The van der Waals surface area contributed by atoms with Crippen molar-refractivity contribution < 1.29 is 4.74 Å². The van der Waals surface area contributed by atoms with Gasteiger partial charge in [-0.05, 0) is 62.9 Å². The van der Waals surface area contributed by atoms with E-state index < -0.39 is 0 Å². The van der Waals surface area contributed by atoms with Crippen molar-refractivity contribution in [2.75, 3.05) is 39.4 Å². The maximum absolute atomic E-state index is 5.65. The van der Waals surface area contributed by atoms with E-state index in [0.29, 0.717) is 5.41 Å². The summed E-state index contributed by atoms with van der Waals surface area (Å²) in [6, 6.07) is 0.897. The van der Waals surface area contributed by atoms with Gasteiger partial charge in [0.15, 0.2) is 0 Å². The Morgan fingerprint density at radius 1 is 1.10 bits per heavy atom. The van der Waals surface area contributed by atoms with E-state index >= 15 is 0 Å². The lowest BCUT2D eigenvalue weighted by atomic mass is 9.75. The fraction of sp³-hybridized carbons (Fsp3) is 1.00. The van der Waals surface area contributed by atoms with Crippen LogP contribution in [0, 0.1) is 11.3 Å². The van der Waals surface area contributed by atoms with Gasteiger partial charge in [-0.1, -0.05) is 19.8 Å². The van der Waals surface area contributed by atoms with Crippen molar-refractivity contribution in [1.82, 2.24) is 10.2 Å². The Morgan fingerprint density at radius 3 is 2.67 bits per heavy atom. The van der Waals surface area contributed by atoms with E-state index in [0.717, 1.165) is 31.7 Å². The van der Waals surface area contributed by atoms with Gasteiger partial charge in [-0.3, -0.25) is 4.90 Å². The van der Waals surface area contributed by atoms with E-state index in [9.17, 15) is 0 Å². The summed E-state index contributed by atoms with van der Waals surface area (Å²) in [6.45, 7) is 9.08. The summed E-state index contributed by atoms with van der Waals surface area (Å²) in [5, 5.41) is 3.64. The highest BCUT2D eigenvalue weighted by molar-refractivity contribution is 4.93. The third-order valence-corrected chi connectivity index (χ3v) is 6.20. The Labute approximate surface area is 130 Å². The van der Waals surface area contributed by atoms with Gasteiger partial charge in [0, 0.05) is 32.3 Å². The Balaban J connectivity index is 1.65. The second-order valence-electron chi connectivity index (χ2n) is 7.62. The molecular formula is C18H34N2O. The van der Waals surface area contributed by atoms with E-state index in [1.54, 1.807) is 0 Å². The van der Waals surface area contributed by atoms with Crippen LogP contribution in [0.4, 0.5) is 0 Å². The van der Waals surface area contributed by atoms with Crippen LogP contribution < -0.4 is 5.32 Å². The maximum atomic E-state index is 5.65. The minimum Gasteiger partial charge on any atom is -0.381 e. The molecule has 1 N–H and O–H groups in total. The lowest BCUT2D eigenvalue weighted by Crippen LogP contribution is -2.54. The van der Waals surface area contributed by atoms with Gasteiger partial charge in [-0.25, -0.2) is 0 Å². The molecule has 3 nitrogen and oxygen atoms in total. The van der Waals surface area contributed by atoms with Crippen molar-refractivity contribution in [3.05, 3.63) is 0 Å². The average Bonchev–Trinajstić information content (AvgIpc) is 2.54. The SMILES string of the molecule is CCNCC1(CN2CCCC3CCCCC32)CCOCC1. The van der Waals surface area contributed by atoms with Gasteiger partial charge in [-0.2, -0.15) is 0 Å². The first kappa shape index (κ1) is 15.8. The number of piperidine rings is 1. The van der Waals surface area contributed by atoms with Gasteiger partial charge in [0.25, 0.3) is 0 Å². The number of nitrogens with one attached hydrogen (secondary N) is 1. The molecule has 0 aromatic rings. The molecule has 0 radical (unpaired) electrons. The molecule has 3 aliphatic rings. The Bertz CT molecular complexity index is 312. The summed E-state index contributed by atoms with van der Waals surface area (Å²) >= 11 is 0. The first-order chi connectivity index (χ1) is 10.3. The Morgan fingerprint density at radius 2 is 1.86 bits per heavy atom. The van der Waals surface area contributed by atoms with Gasteiger partial charge in [-0.15, -0.1) is 0 Å². The number of ether oxygens (including phenoxy) is 1. The molecule has 1 saturated carbocycles. The molecule has 3 heteroatoms. The minimum absolute atomic E-state index is 0.466. The van der Waals surface area contributed by atoms with Gasteiger partial charge in [0.05, 0.1) is 0 Å². The Hall–Kier alpha value is -0.120. The van der Waals surface area contributed by atoms with Crippen LogP contribution in [0.1, 0.15) is 58.3 Å². The van der Waals surface area contributed by atoms with Gasteiger partial charge in [0.1, 0.15) is 0 Å². The molecule has 2 saturated heterocycles. The van der Waals surface area contributed by atoms with Crippen molar-refractivity contribution >= 4 is 0 Å². The molecule has 3 rings (SSSR count). The molecule has 0 bridgehead atoms. The smallest absolute Gasteiger partial charge is 0.0472 e. The number of hydrogen-bond acceptors (Lipinski definition) is 3. The normalized spacial score (nSPS) is 33.6. The summed E-state index contributed by atoms with van der Waals surface area (Å²) in [4.78, 5) is 2.88. The second-order valence-corrected chi connectivity index (χ2v) is 7.62. The zero-order chi connectivity index (χ0) is 14.5. The van der Waals surface area contributed by atoms with Crippen LogP contribution >= 0.6 is 0 Å². The molecule has 0 spiro atoms. The highest BCUT2D eigenvalue weighted by Gasteiger charge is 2.39. The molecule has 21 heavy (non-hydrogen) atoms. The second kappa shape index (κ2) is 7.43. The van der Waals surface area contributed by atoms with E-state index in [4.69, 9.17) is 4.74 Å². The van der Waals surface area contributed by atoms with E-state index in [1.807, 2.05) is 0 Å². The third kappa shape index (κ3) is 3.80. The zero-order valence-corrected chi connectivity index (χ0v) is 13.9. The largest absolute Gasteiger partial charge is 0.381 e. The summed E-state index contributed by atoms with van der Waals surface area (Å²) in [7, 11) is 0. The molecule has 0 aromatic heterocycles. The van der Waals surface area contributed by atoms with Crippen LogP contribution in [-0.4, -0.2) is 50.3 Å². The predicted molar refractivity (Wildman–Crippen MR) is 87.6 cm³/mol. The fourth-order valence-corrected chi connectivity index (χ4v) is 4.94. The highest BCUT2D eigenvalue weighted by atomic mass is 16.5. The van der Waals surface area contributed by atoms with E-state index in [2.05, 4.69) is 17.1 Å². The lowest BCUT2D eigenvalue weighted by Gasteiger charge is -2.49. The van der Waals surface area contributed by atoms with Crippen LogP contribution in [0.25, 0.3) is 0 Å². The highest BCUT2D eigenvalue weighted by Crippen LogP contribution is 2.39. The number of nitrogens with zero attached hydrogens (tertiary/aromatic N) is 1. The van der Waals surface area contributed by atoms with Crippen molar-refractivity contribution in [2.24, 2.45) is 11.3 Å². The van der Waals surface area contributed by atoms with Gasteiger partial charge in [0.2, 0.25) is 0 Å². The molecule has 1 aliphatic carbocycles. The molecule has 2 aliphatic heterocycles. The number of fused-ring (bicyclic) bond motifs is 1. The van der Waals surface area contributed by atoms with Crippen LogP contribution in [0.3, 0.4) is 0 Å². The molecule has 2 unspecified atom stereocenters. The van der Waals surface area contributed by atoms with Gasteiger partial charge < -0.3 is 10.1 Å². The maximum Gasteiger partial charge on any atom is 0.0472 e. The number of likely N-dealkylation sites (tertiary alicyclic amines) is 1. The van der Waals surface area contributed by atoms with Crippen molar-refractivity contribution in [3.63, 3.8) is 0 Å². The van der Waals surface area contributed by atoms with Crippen LogP contribution in [-0.2, 0) is 4.74 Å². The van der Waals surface area contributed by atoms with Crippen LogP contribution in [0.2, 0.25) is 0 Å². The Kier molecular flexibility index (Phi) is 5.58. The molecule has 0 aromatic carbocycles. The standard InChI is InChI=1S/C18H34N2O/c1-2-19-14-18(9-12-21-13-10-18)15-20-11-5-7-16-6-3-4-8-17(16)20/h16-17,19H,2-15H2,1H3. The van der Waals surface area contributed by atoms with E-state index in [-0.39, 0.29) is 0 Å². The topological polar surface area (TPSA) is 24.5 Å². The predicted octanol–water partition coefficient (Wildman–Crippen LogP) is 3.05. The lowest BCUT2D eigenvalue weighted by molar-refractivity contribution is -0.0324. The summed E-state index contributed by atoms with van der Waals surface area (Å²) in [6.07, 6.45) is 11.3. The summed E-state index contributed by atoms with van der Waals surface area (Å²) in [5.74, 6) is 1.00. The first-order valence-corrected chi connectivity index (χ1v) is 9.35. The van der Waals surface area contributed by atoms with Crippen LogP contribution in [0.5, 0.6) is 0 Å². The summed E-state index contributed by atoms with van der Waals surface area (Å²) in [5.41, 5.74) is 0.466. The van der Waals surface area contributed by atoms with Crippen molar-refractivity contribution in [3.8, 4) is 0 Å². The number of hydrogen-bond donors (Lipinski definition) is 1. The third-order valence-electron chi connectivity index (χ3n) is 6.20. The molecular weight excluding hydrogens is 260 g/mol. The van der Waals surface area contributed by atoms with Crippen LogP contribution in [0.15, 0.2) is 0 Å². The van der Waals surface area contributed by atoms with Crippen molar-refractivity contribution in [1.29, 1.82) is 0 Å². The zero-order valence-electron chi connectivity index (χ0n) is 13.9. The van der Waals surface area contributed by atoms with Gasteiger partial charge >= 0.3 is 0 Å². The van der Waals surface area contributed by atoms with Crippen molar-refractivity contribution in [2.45, 2.75) is 64.3 Å². The quantitative estimate of drug-likeness (QED) is 0.843. The summed E-state index contributed by atoms with van der Waals surface area (Å²) < 4.78 is 5.65. The average molecular weight is 294 g/mol. The molecule has 3 fully saturated rings. The molecule has 2 heterocycles. The number of rotatable bonds is 5. The fourth-order valence-electron chi connectivity index (χ4n) is 4.94. The molecule has 2 atom stereocenters. The monoisotopic (exact) mass is 294 g/mol. The minimum atomic E-state index is 0.466. The molecule has 122 valence electrons. The first-order valence-electron chi connectivity index (χ1n) is 9.35. The van der Waals surface area contributed by atoms with E-state index in [1.165, 1.54) is 71.0 Å².